The molecule has 1 saturated carbocycles. The van der Waals surface area contributed by atoms with E-state index < -0.39 is 0 Å². The third kappa shape index (κ3) is 0.992. The molecule has 4 atom stereocenters. The van der Waals surface area contributed by atoms with Crippen LogP contribution in [0.1, 0.15) is 30.4 Å². The Kier molecular flexibility index (Phi) is 1.72. The maximum absolute atomic E-state index is 6.19. The van der Waals surface area contributed by atoms with E-state index in [2.05, 4.69) is 31.2 Å². The van der Waals surface area contributed by atoms with Gasteiger partial charge in [0.05, 0.1) is 0 Å². The number of fused-ring (bicyclic) bond motifs is 4. The first-order chi connectivity index (χ1) is 6.77. The van der Waals surface area contributed by atoms with Crippen LogP contribution in [-0.2, 0) is 6.42 Å². The highest BCUT2D eigenvalue weighted by Crippen LogP contribution is 2.49. The van der Waals surface area contributed by atoms with E-state index in [0.717, 1.165) is 17.8 Å². The lowest BCUT2D eigenvalue weighted by Crippen LogP contribution is -2.29. The third-order valence-corrected chi connectivity index (χ3v) is 4.30. The summed E-state index contributed by atoms with van der Waals surface area (Å²) in [6.07, 6.45) is 2.40. The average Bonchev–Trinajstić information content (AvgIpc) is 2.41. The topological polar surface area (TPSA) is 26.0 Å². The molecule has 14 heavy (non-hydrogen) atoms. The molecular weight excluding hydrogens is 170 g/mol. The molecule has 1 fully saturated rings. The second-order valence-corrected chi connectivity index (χ2v) is 4.93. The molecule has 4 unspecified atom stereocenters. The Bertz CT molecular complexity index is 358. The van der Waals surface area contributed by atoms with Gasteiger partial charge in [0.2, 0.25) is 0 Å². The van der Waals surface area contributed by atoms with E-state index in [4.69, 9.17) is 5.73 Å². The van der Waals surface area contributed by atoms with Gasteiger partial charge in [0, 0.05) is 6.04 Å². The van der Waals surface area contributed by atoms with Gasteiger partial charge < -0.3 is 5.73 Å². The summed E-state index contributed by atoms with van der Waals surface area (Å²) in [4.78, 5) is 0. The second kappa shape index (κ2) is 2.83. The van der Waals surface area contributed by atoms with Crippen molar-refractivity contribution in [3.8, 4) is 0 Å². The number of rotatable bonds is 0. The molecule has 1 nitrogen and oxygen atoms in total. The summed E-state index contributed by atoms with van der Waals surface area (Å²) in [6.45, 7) is 2.37. The van der Waals surface area contributed by atoms with Crippen LogP contribution in [-0.4, -0.2) is 6.04 Å². The molecule has 2 bridgehead atoms. The number of hydrogen-bond acceptors (Lipinski definition) is 1. The number of benzene rings is 1. The molecule has 2 aliphatic rings. The van der Waals surface area contributed by atoms with E-state index in [-0.39, 0.29) is 0 Å². The van der Waals surface area contributed by atoms with Crippen LogP contribution < -0.4 is 5.73 Å². The Hall–Kier alpha value is -0.820. The largest absolute Gasteiger partial charge is 0.327 e. The summed E-state index contributed by atoms with van der Waals surface area (Å²) in [6, 6.07) is 9.32. The van der Waals surface area contributed by atoms with Crippen molar-refractivity contribution in [2.75, 3.05) is 0 Å². The summed E-state index contributed by atoms with van der Waals surface area (Å²) in [5.74, 6) is 2.26. The van der Waals surface area contributed by atoms with Gasteiger partial charge >= 0.3 is 0 Å². The number of nitrogens with two attached hydrogens (primary N) is 1. The molecular formula is C13H17N. The Morgan fingerprint density at radius 1 is 1.29 bits per heavy atom. The molecule has 2 aliphatic carbocycles. The molecule has 1 heteroatoms. The highest BCUT2D eigenvalue weighted by atomic mass is 14.7. The highest BCUT2D eigenvalue weighted by molar-refractivity contribution is 5.36. The van der Waals surface area contributed by atoms with Gasteiger partial charge in [-0.15, -0.1) is 0 Å². The third-order valence-electron chi connectivity index (χ3n) is 4.30. The quantitative estimate of drug-likeness (QED) is 0.662. The zero-order valence-electron chi connectivity index (χ0n) is 8.61. The van der Waals surface area contributed by atoms with Crippen LogP contribution in [0, 0.1) is 11.8 Å². The van der Waals surface area contributed by atoms with Gasteiger partial charge in [-0.3, -0.25) is 0 Å². The Balaban J connectivity index is 2.10. The molecule has 0 heterocycles. The van der Waals surface area contributed by atoms with Gasteiger partial charge in [-0.25, -0.2) is 0 Å². The van der Waals surface area contributed by atoms with Crippen molar-refractivity contribution in [1.29, 1.82) is 0 Å². The van der Waals surface area contributed by atoms with Crippen molar-refractivity contribution in [3.05, 3.63) is 35.4 Å². The molecule has 1 aromatic rings. The molecule has 0 amide bonds. The molecule has 74 valence electrons. The lowest BCUT2D eigenvalue weighted by atomic mass is 9.75. The predicted molar refractivity (Wildman–Crippen MR) is 58.1 cm³/mol. The van der Waals surface area contributed by atoms with Crippen LogP contribution in [0.25, 0.3) is 0 Å². The second-order valence-electron chi connectivity index (χ2n) is 4.93. The van der Waals surface area contributed by atoms with Crippen molar-refractivity contribution < 1.29 is 0 Å². The van der Waals surface area contributed by atoms with Gasteiger partial charge in [0.1, 0.15) is 0 Å². The highest BCUT2D eigenvalue weighted by Gasteiger charge is 2.43. The smallest absolute Gasteiger partial charge is 0.00790 e. The maximum atomic E-state index is 6.19. The minimum atomic E-state index is 0.433. The average molecular weight is 187 g/mol. The van der Waals surface area contributed by atoms with Crippen LogP contribution in [0.4, 0.5) is 0 Å². The van der Waals surface area contributed by atoms with E-state index in [0.29, 0.717) is 6.04 Å². The fraction of sp³-hybridized carbons (Fsp3) is 0.538. The lowest BCUT2D eigenvalue weighted by Gasteiger charge is -2.29. The summed E-state index contributed by atoms with van der Waals surface area (Å²) in [5, 5.41) is 0. The summed E-state index contributed by atoms with van der Waals surface area (Å²) in [7, 11) is 0. The molecule has 0 saturated heterocycles. The molecule has 0 aliphatic heterocycles. The molecule has 0 spiro atoms. The van der Waals surface area contributed by atoms with Gasteiger partial charge in [-0.2, -0.15) is 0 Å². The van der Waals surface area contributed by atoms with Gasteiger partial charge in [0.25, 0.3) is 0 Å². The van der Waals surface area contributed by atoms with E-state index in [1.807, 2.05) is 0 Å². The van der Waals surface area contributed by atoms with Crippen molar-refractivity contribution in [1.82, 2.24) is 0 Å². The van der Waals surface area contributed by atoms with Crippen molar-refractivity contribution in [3.63, 3.8) is 0 Å². The van der Waals surface area contributed by atoms with Gasteiger partial charge in [-0.1, -0.05) is 31.2 Å². The summed E-state index contributed by atoms with van der Waals surface area (Å²) in [5.41, 5.74) is 9.31. The molecule has 2 N–H and O–H groups in total. The Morgan fingerprint density at radius 3 is 2.93 bits per heavy atom. The first-order valence-electron chi connectivity index (χ1n) is 5.61. The summed E-state index contributed by atoms with van der Waals surface area (Å²) >= 11 is 0. The predicted octanol–water partition coefficient (Wildman–Crippen LogP) is 2.31. The Labute approximate surface area is 85.3 Å². The van der Waals surface area contributed by atoms with E-state index in [9.17, 15) is 0 Å². The molecule has 0 aromatic heterocycles. The van der Waals surface area contributed by atoms with Crippen LogP contribution in [0.5, 0.6) is 0 Å². The molecule has 0 radical (unpaired) electrons. The first-order valence-corrected chi connectivity index (χ1v) is 5.61. The molecule has 3 rings (SSSR count). The monoisotopic (exact) mass is 187 g/mol. The van der Waals surface area contributed by atoms with Crippen LogP contribution in [0.3, 0.4) is 0 Å². The van der Waals surface area contributed by atoms with Crippen molar-refractivity contribution in [2.45, 2.75) is 31.7 Å². The van der Waals surface area contributed by atoms with Crippen molar-refractivity contribution in [2.24, 2.45) is 17.6 Å². The fourth-order valence-corrected chi connectivity index (χ4v) is 3.45. The lowest BCUT2D eigenvalue weighted by molar-refractivity contribution is 0.348. The van der Waals surface area contributed by atoms with Gasteiger partial charge in [0.15, 0.2) is 0 Å². The van der Waals surface area contributed by atoms with Crippen LogP contribution in [0.15, 0.2) is 24.3 Å². The van der Waals surface area contributed by atoms with Crippen molar-refractivity contribution >= 4 is 0 Å². The normalized spacial score (nSPS) is 39.6. The summed E-state index contributed by atoms with van der Waals surface area (Å²) < 4.78 is 0. The minimum Gasteiger partial charge on any atom is -0.327 e. The molecule has 1 aromatic carbocycles. The van der Waals surface area contributed by atoms with E-state index >= 15 is 0 Å². The van der Waals surface area contributed by atoms with Gasteiger partial charge in [-0.05, 0) is 41.7 Å². The van der Waals surface area contributed by atoms with Crippen LogP contribution >= 0.6 is 0 Å². The zero-order valence-corrected chi connectivity index (χ0v) is 8.61. The van der Waals surface area contributed by atoms with E-state index in [1.54, 1.807) is 11.1 Å². The van der Waals surface area contributed by atoms with Crippen LogP contribution in [0.2, 0.25) is 0 Å². The van der Waals surface area contributed by atoms with E-state index in [1.165, 1.54) is 12.8 Å². The number of hydrogen-bond donors (Lipinski definition) is 1. The standard InChI is InChI=1S/C13H17N/c1-8-11-7-13(14)12(8)6-9-4-2-3-5-10(9)11/h2-5,8,11-13H,6-7,14H2,1H3. The first kappa shape index (κ1) is 8.49. The minimum absolute atomic E-state index is 0.433. The zero-order chi connectivity index (χ0) is 9.71. The Morgan fingerprint density at radius 2 is 2.07 bits per heavy atom. The maximum Gasteiger partial charge on any atom is 0.00790 e. The fourth-order valence-electron chi connectivity index (χ4n) is 3.45. The SMILES string of the molecule is CC1C2CC(N)C1Cc1ccccc12.